The van der Waals surface area contributed by atoms with Crippen LogP contribution in [0.2, 0.25) is 0 Å². The minimum absolute atomic E-state index is 0.0251. The lowest BCUT2D eigenvalue weighted by atomic mass is 10.1. The van der Waals surface area contributed by atoms with Crippen LogP contribution in [0.4, 0.5) is 0 Å². The van der Waals surface area contributed by atoms with Gasteiger partial charge in [0.1, 0.15) is 12.0 Å². The molecule has 2 aromatic rings. The van der Waals surface area contributed by atoms with Crippen molar-refractivity contribution >= 4 is 0 Å². The summed E-state index contributed by atoms with van der Waals surface area (Å²) < 4.78 is 21.4. The number of hydrogen-bond acceptors (Lipinski definition) is 6. The van der Waals surface area contributed by atoms with Crippen molar-refractivity contribution in [1.29, 1.82) is 0 Å². The minimum Gasteiger partial charge on any atom is -0.454 e. The molecule has 2 heterocycles. The fourth-order valence-corrected chi connectivity index (χ4v) is 1.81. The second-order valence-corrected chi connectivity index (χ2v) is 5.83. The molecule has 1 aromatic carbocycles. The second kappa shape index (κ2) is 5.29. The first-order valence-corrected chi connectivity index (χ1v) is 6.76. The number of oxazole rings is 1. The fourth-order valence-electron chi connectivity index (χ4n) is 1.81. The molecule has 3 rings (SSSR count). The highest BCUT2D eigenvalue weighted by Gasteiger charge is 2.16. The summed E-state index contributed by atoms with van der Waals surface area (Å²) in [6, 6.07) is 5.33. The Morgan fingerprint density at radius 3 is 2.86 bits per heavy atom. The number of rotatable bonds is 4. The molecule has 0 unspecified atom stereocenters. The Balaban J connectivity index is 1.64. The SMILES string of the molecule is CC(C)(C)NCc1coc(Oc2ccc3c(c2)OCO3)n1. The van der Waals surface area contributed by atoms with E-state index in [9.17, 15) is 0 Å². The summed E-state index contributed by atoms with van der Waals surface area (Å²) in [6.45, 7) is 7.14. The molecule has 0 amide bonds. The third kappa shape index (κ3) is 3.46. The van der Waals surface area contributed by atoms with Crippen molar-refractivity contribution in [2.75, 3.05) is 6.79 Å². The number of nitrogens with zero attached hydrogens (tertiary/aromatic N) is 1. The van der Waals surface area contributed by atoms with Crippen LogP contribution in [0.3, 0.4) is 0 Å². The number of hydrogen-bond donors (Lipinski definition) is 1. The zero-order chi connectivity index (χ0) is 14.9. The third-order valence-electron chi connectivity index (χ3n) is 2.88. The molecular weight excluding hydrogens is 272 g/mol. The molecule has 6 nitrogen and oxygen atoms in total. The Kier molecular flexibility index (Phi) is 3.47. The zero-order valence-electron chi connectivity index (χ0n) is 12.3. The first-order valence-electron chi connectivity index (χ1n) is 6.76. The standard InChI is InChI=1S/C15H18N2O4/c1-15(2,3)16-7-10-8-18-14(17-10)21-11-4-5-12-13(6-11)20-9-19-12/h4-6,8,16H,7,9H2,1-3H3. The van der Waals surface area contributed by atoms with Gasteiger partial charge in [-0.25, -0.2) is 0 Å². The number of fused-ring (bicyclic) bond motifs is 1. The van der Waals surface area contributed by atoms with Crippen molar-refractivity contribution in [3.63, 3.8) is 0 Å². The Morgan fingerprint density at radius 2 is 2.05 bits per heavy atom. The largest absolute Gasteiger partial charge is 0.454 e. The Bertz CT molecular complexity index is 631. The monoisotopic (exact) mass is 290 g/mol. The average Bonchev–Trinajstić information content (AvgIpc) is 3.04. The molecule has 0 aliphatic carbocycles. The Hall–Kier alpha value is -2.21. The van der Waals surface area contributed by atoms with Crippen LogP contribution in [-0.2, 0) is 6.54 Å². The molecule has 21 heavy (non-hydrogen) atoms. The first kappa shape index (κ1) is 13.8. The van der Waals surface area contributed by atoms with Gasteiger partial charge < -0.3 is 23.9 Å². The highest BCUT2D eigenvalue weighted by atomic mass is 16.7. The van der Waals surface area contributed by atoms with E-state index in [1.807, 2.05) is 0 Å². The third-order valence-corrected chi connectivity index (χ3v) is 2.88. The van der Waals surface area contributed by atoms with Crippen LogP contribution in [0.15, 0.2) is 28.9 Å². The van der Waals surface area contributed by atoms with E-state index < -0.39 is 0 Å². The minimum atomic E-state index is 0.0251. The quantitative estimate of drug-likeness (QED) is 0.933. The summed E-state index contributed by atoms with van der Waals surface area (Å²) in [5.41, 5.74) is 0.817. The molecule has 0 radical (unpaired) electrons. The Morgan fingerprint density at radius 1 is 1.24 bits per heavy atom. The van der Waals surface area contributed by atoms with Crippen LogP contribution in [0.1, 0.15) is 26.5 Å². The molecule has 1 aliphatic heterocycles. The van der Waals surface area contributed by atoms with Gasteiger partial charge in [-0.05, 0) is 32.9 Å². The number of ether oxygens (including phenoxy) is 3. The van der Waals surface area contributed by atoms with Gasteiger partial charge in [-0.2, -0.15) is 4.98 Å². The van der Waals surface area contributed by atoms with Gasteiger partial charge in [-0.3, -0.25) is 0 Å². The summed E-state index contributed by atoms with van der Waals surface area (Å²) in [4.78, 5) is 4.28. The van der Waals surface area contributed by atoms with Crippen LogP contribution in [0, 0.1) is 0 Å². The molecule has 0 atom stereocenters. The summed E-state index contributed by atoms with van der Waals surface area (Å²) in [5.74, 6) is 1.97. The van der Waals surface area contributed by atoms with Crippen LogP contribution in [0.25, 0.3) is 0 Å². The van der Waals surface area contributed by atoms with E-state index in [0.29, 0.717) is 23.8 Å². The van der Waals surface area contributed by atoms with Crippen molar-refractivity contribution in [3.8, 4) is 23.3 Å². The van der Waals surface area contributed by atoms with E-state index in [0.717, 1.165) is 5.69 Å². The predicted molar refractivity (Wildman–Crippen MR) is 75.7 cm³/mol. The molecule has 0 saturated heterocycles. The van der Waals surface area contributed by atoms with Gasteiger partial charge in [0.2, 0.25) is 6.79 Å². The van der Waals surface area contributed by atoms with Crippen molar-refractivity contribution < 1.29 is 18.6 Å². The lowest BCUT2D eigenvalue weighted by molar-refractivity contribution is 0.174. The summed E-state index contributed by atoms with van der Waals surface area (Å²) >= 11 is 0. The maximum Gasteiger partial charge on any atom is 0.399 e. The van der Waals surface area contributed by atoms with E-state index in [2.05, 4.69) is 31.1 Å². The van der Waals surface area contributed by atoms with Crippen LogP contribution >= 0.6 is 0 Å². The lowest BCUT2D eigenvalue weighted by Gasteiger charge is -2.19. The van der Waals surface area contributed by atoms with E-state index in [4.69, 9.17) is 18.6 Å². The summed E-state index contributed by atoms with van der Waals surface area (Å²) in [5, 5.41) is 3.33. The Labute approximate surface area is 123 Å². The number of nitrogens with one attached hydrogen (secondary N) is 1. The van der Waals surface area contributed by atoms with Gasteiger partial charge >= 0.3 is 6.08 Å². The summed E-state index contributed by atoms with van der Waals surface area (Å²) in [6.07, 6.45) is 1.79. The molecule has 6 heteroatoms. The highest BCUT2D eigenvalue weighted by molar-refractivity contribution is 5.47. The second-order valence-electron chi connectivity index (χ2n) is 5.83. The van der Waals surface area contributed by atoms with Crippen LogP contribution < -0.4 is 19.5 Å². The molecule has 1 aromatic heterocycles. The van der Waals surface area contributed by atoms with Gasteiger partial charge in [-0.15, -0.1) is 0 Å². The van der Waals surface area contributed by atoms with Gasteiger partial charge in [0, 0.05) is 18.2 Å². The highest BCUT2D eigenvalue weighted by Crippen LogP contribution is 2.36. The van der Waals surface area contributed by atoms with E-state index in [1.54, 1.807) is 24.5 Å². The van der Waals surface area contributed by atoms with Crippen molar-refractivity contribution in [2.24, 2.45) is 0 Å². The molecule has 112 valence electrons. The van der Waals surface area contributed by atoms with Gasteiger partial charge in [0.15, 0.2) is 11.5 Å². The molecule has 0 bridgehead atoms. The maximum absolute atomic E-state index is 5.58. The van der Waals surface area contributed by atoms with Crippen LogP contribution in [-0.4, -0.2) is 17.3 Å². The van der Waals surface area contributed by atoms with E-state index in [-0.39, 0.29) is 18.4 Å². The van der Waals surface area contributed by atoms with Gasteiger partial charge in [0.05, 0.1) is 5.69 Å². The molecule has 0 saturated carbocycles. The molecule has 1 aliphatic rings. The topological polar surface area (TPSA) is 65.8 Å². The van der Waals surface area contributed by atoms with Crippen molar-refractivity contribution in [3.05, 3.63) is 30.2 Å². The maximum atomic E-state index is 5.58. The van der Waals surface area contributed by atoms with Crippen molar-refractivity contribution in [1.82, 2.24) is 10.3 Å². The summed E-state index contributed by atoms with van der Waals surface area (Å²) in [7, 11) is 0. The van der Waals surface area contributed by atoms with E-state index >= 15 is 0 Å². The van der Waals surface area contributed by atoms with Gasteiger partial charge in [-0.1, -0.05) is 0 Å². The van der Waals surface area contributed by atoms with Gasteiger partial charge in [0.25, 0.3) is 0 Å². The number of aromatic nitrogens is 1. The fraction of sp³-hybridized carbons (Fsp3) is 0.400. The number of benzene rings is 1. The zero-order valence-corrected chi connectivity index (χ0v) is 12.3. The van der Waals surface area contributed by atoms with Crippen LogP contribution in [0.5, 0.6) is 23.3 Å². The predicted octanol–water partition coefficient (Wildman–Crippen LogP) is 3.08. The van der Waals surface area contributed by atoms with Crippen molar-refractivity contribution in [2.45, 2.75) is 32.9 Å². The molecule has 1 N–H and O–H groups in total. The smallest absolute Gasteiger partial charge is 0.399 e. The average molecular weight is 290 g/mol. The molecule has 0 fully saturated rings. The lowest BCUT2D eigenvalue weighted by Crippen LogP contribution is -2.35. The molecule has 0 spiro atoms. The first-order chi connectivity index (χ1) is 9.99. The molecular formula is C15H18N2O4. The normalized spacial score (nSPS) is 13.5. The van der Waals surface area contributed by atoms with E-state index in [1.165, 1.54) is 0 Å².